The SMILES string of the molecule is CC(c1ccccc1F)N(C)c1ncc(Cl)cc1N. The van der Waals surface area contributed by atoms with Gasteiger partial charge in [0.15, 0.2) is 5.82 Å². The van der Waals surface area contributed by atoms with Gasteiger partial charge in [-0.3, -0.25) is 0 Å². The molecule has 2 rings (SSSR count). The van der Waals surface area contributed by atoms with Crippen LogP contribution in [0.2, 0.25) is 5.02 Å². The first kappa shape index (κ1) is 13.6. The minimum Gasteiger partial charge on any atom is -0.396 e. The number of aromatic nitrogens is 1. The Morgan fingerprint density at radius 2 is 2.05 bits per heavy atom. The van der Waals surface area contributed by atoms with Crippen LogP contribution in [-0.2, 0) is 0 Å². The number of nitrogens with two attached hydrogens (primary N) is 1. The minimum absolute atomic E-state index is 0.183. The molecule has 0 saturated heterocycles. The lowest BCUT2D eigenvalue weighted by molar-refractivity contribution is 0.584. The molecule has 1 heterocycles. The van der Waals surface area contributed by atoms with Gasteiger partial charge in [-0.25, -0.2) is 9.37 Å². The Bertz CT molecular complexity index is 589. The molecule has 0 fully saturated rings. The van der Waals surface area contributed by atoms with E-state index in [1.807, 2.05) is 18.9 Å². The molecule has 2 aromatic rings. The summed E-state index contributed by atoms with van der Waals surface area (Å²) in [7, 11) is 1.82. The summed E-state index contributed by atoms with van der Waals surface area (Å²) in [6.07, 6.45) is 1.53. The Morgan fingerprint density at radius 1 is 1.37 bits per heavy atom. The summed E-state index contributed by atoms with van der Waals surface area (Å²) < 4.78 is 13.8. The highest BCUT2D eigenvalue weighted by Gasteiger charge is 2.18. The van der Waals surface area contributed by atoms with Gasteiger partial charge in [0.2, 0.25) is 0 Å². The summed E-state index contributed by atoms with van der Waals surface area (Å²) in [5.41, 5.74) is 6.96. The summed E-state index contributed by atoms with van der Waals surface area (Å²) >= 11 is 5.82. The van der Waals surface area contributed by atoms with Crippen molar-refractivity contribution in [1.29, 1.82) is 0 Å². The Labute approximate surface area is 116 Å². The second-order valence-corrected chi connectivity index (χ2v) is 4.81. The molecular formula is C14H15ClFN3. The van der Waals surface area contributed by atoms with E-state index < -0.39 is 0 Å². The van der Waals surface area contributed by atoms with Crippen LogP contribution in [0.3, 0.4) is 0 Å². The van der Waals surface area contributed by atoms with Gasteiger partial charge in [0.1, 0.15) is 5.82 Å². The molecular weight excluding hydrogens is 265 g/mol. The number of halogens is 2. The van der Waals surface area contributed by atoms with Crippen LogP contribution in [0.5, 0.6) is 0 Å². The number of anilines is 2. The maximum atomic E-state index is 13.8. The first-order valence-electron chi connectivity index (χ1n) is 5.89. The van der Waals surface area contributed by atoms with Crippen molar-refractivity contribution in [3.05, 3.63) is 52.9 Å². The number of nitrogens with zero attached hydrogens (tertiary/aromatic N) is 2. The fourth-order valence-electron chi connectivity index (χ4n) is 1.95. The lowest BCUT2D eigenvalue weighted by Gasteiger charge is -2.27. The first-order chi connectivity index (χ1) is 9.00. The van der Waals surface area contributed by atoms with Crippen LogP contribution in [0.1, 0.15) is 18.5 Å². The minimum atomic E-state index is -0.241. The smallest absolute Gasteiger partial charge is 0.152 e. The van der Waals surface area contributed by atoms with Gasteiger partial charge in [-0.1, -0.05) is 29.8 Å². The summed E-state index contributed by atoms with van der Waals surface area (Å²) in [4.78, 5) is 6.02. The highest BCUT2D eigenvalue weighted by molar-refractivity contribution is 6.30. The van der Waals surface area contributed by atoms with Crippen LogP contribution >= 0.6 is 11.6 Å². The van der Waals surface area contributed by atoms with Crippen molar-refractivity contribution in [2.75, 3.05) is 17.7 Å². The monoisotopic (exact) mass is 279 g/mol. The van der Waals surface area contributed by atoms with E-state index in [-0.39, 0.29) is 11.9 Å². The molecule has 3 nitrogen and oxygen atoms in total. The molecule has 19 heavy (non-hydrogen) atoms. The van der Waals surface area contributed by atoms with Crippen LogP contribution in [0, 0.1) is 5.82 Å². The molecule has 1 aromatic carbocycles. The predicted molar refractivity (Wildman–Crippen MR) is 76.9 cm³/mol. The number of hydrogen-bond donors (Lipinski definition) is 1. The molecule has 2 N–H and O–H groups in total. The van der Waals surface area contributed by atoms with Crippen molar-refractivity contribution < 1.29 is 4.39 Å². The second-order valence-electron chi connectivity index (χ2n) is 4.37. The van der Waals surface area contributed by atoms with E-state index in [1.54, 1.807) is 24.3 Å². The van der Waals surface area contributed by atoms with Crippen molar-refractivity contribution >= 4 is 23.1 Å². The summed E-state index contributed by atoms with van der Waals surface area (Å²) in [6, 6.07) is 8.12. The van der Waals surface area contributed by atoms with Gasteiger partial charge in [0.25, 0.3) is 0 Å². The van der Waals surface area contributed by atoms with Crippen molar-refractivity contribution in [2.45, 2.75) is 13.0 Å². The molecule has 1 atom stereocenters. The molecule has 0 aliphatic heterocycles. The zero-order valence-electron chi connectivity index (χ0n) is 10.8. The molecule has 0 spiro atoms. The fraction of sp³-hybridized carbons (Fsp3) is 0.214. The Kier molecular flexibility index (Phi) is 3.90. The lowest BCUT2D eigenvalue weighted by Crippen LogP contribution is -2.24. The summed E-state index contributed by atoms with van der Waals surface area (Å²) in [5.74, 6) is 0.342. The number of nitrogen functional groups attached to an aromatic ring is 1. The van der Waals surface area contributed by atoms with E-state index in [9.17, 15) is 4.39 Å². The van der Waals surface area contributed by atoms with Crippen molar-refractivity contribution in [2.24, 2.45) is 0 Å². The average molecular weight is 280 g/mol. The predicted octanol–water partition coefficient (Wildman–Crippen LogP) is 3.65. The van der Waals surface area contributed by atoms with Crippen molar-refractivity contribution in [3.8, 4) is 0 Å². The van der Waals surface area contributed by atoms with E-state index >= 15 is 0 Å². The van der Waals surface area contributed by atoms with Gasteiger partial charge in [0, 0.05) is 18.8 Å². The Morgan fingerprint density at radius 3 is 2.68 bits per heavy atom. The third-order valence-corrected chi connectivity index (χ3v) is 3.34. The number of pyridine rings is 1. The third kappa shape index (κ3) is 2.79. The molecule has 1 unspecified atom stereocenters. The highest BCUT2D eigenvalue weighted by Crippen LogP contribution is 2.30. The number of benzene rings is 1. The molecule has 0 aliphatic rings. The van der Waals surface area contributed by atoms with Gasteiger partial charge in [-0.05, 0) is 19.1 Å². The maximum Gasteiger partial charge on any atom is 0.152 e. The molecule has 1 aromatic heterocycles. The topological polar surface area (TPSA) is 42.2 Å². The molecule has 0 radical (unpaired) electrons. The maximum absolute atomic E-state index is 13.8. The molecule has 0 amide bonds. The van der Waals surface area contributed by atoms with Crippen molar-refractivity contribution in [3.63, 3.8) is 0 Å². The van der Waals surface area contributed by atoms with E-state index in [4.69, 9.17) is 17.3 Å². The molecule has 0 bridgehead atoms. The van der Waals surface area contributed by atoms with E-state index in [0.29, 0.717) is 22.1 Å². The zero-order valence-corrected chi connectivity index (χ0v) is 11.5. The first-order valence-corrected chi connectivity index (χ1v) is 6.26. The number of hydrogen-bond acceptors (Lipinski definition) is 3. The number of rotatable bonds is 3. The van der Waals surface area contributed by atoms with Gasteiger partial charge in [-0.2, -0.15) is 0 Å². The average Bonchev–Trinajstić information content (AvgIpc) is 2.38. The summed E-state index contributed by atoms with van der Waals surface area (Å²) in [6.45, 7) is 1.90. The van der Waals surface area contributed by atoms with Gasteiger partial charge < -0.3 is 10.6 Å². The van der Waals surface area contributed by atoms with Crippen LogP contribution < -0.4 is 10.6 Å². The van der Waals surface area contributed by atoms with E-state index in [1.165, 1.54) is 12.3 Å². The van der Waals surface area contributed by atoms with Gasteiger partial charge >= 0.3 is 0 Å². The normalized spacial score (nSPS) is 12.2. The van der Waals surface area contributed by atoms with Crippen LogP contribution in [0.15, 0.2) is 36.5 Å². The standard InChI is InChI=1S/C14H15ClFN3/c1-9(11-5-3-4-6-12(11)16)19(2)14-13(17)7-10(15)8-18-14/h3-9H,17H2,1-2H3. The fourth-order valence-corrected chi connectivity index (χ4v) is 2.11. The van der Waals surface area contributed by atoms with Crippen molar-refractivity contribution in [1.82, 2.24) is 4.98 Å². The van der Waals surface area contributed by atoms with Gasteiger partial charge in [-0.15, -0.1) is 0 Å². The van der Waals surface area contributed by atoms with Crippen LogP contribution in [-0.4, -0.2) is 12.0 Å². The van der Waals surface area contributed by atoms with Crippen LogP contribution in [0.4, 0.5) is 15.9 Å². The molecule has 100 valence electrons. The summed E-state index contributed by atoms with van der Waals surface area (Å²) in [5, 5.41) is 0.480. The second kappa shape index (κ2) is 5.45. The van der Waals surface area contributed by atoms with E-state index in [2.05, 4.69) is 4.98 Å². The highest BCUT2D eigenvalue weighted by atomic mass is 35.5. The largest absolute Gasteiger partial charge is 0.396 e. The molecule has 0 saturated carbocycles. The zero-order chi connectivity index (χ0) is 14.0. The lowest BCUT2D eigenvalue weighted by atomic mass is 10.1. The Balaban J connectivity index is 2.33. The molecule has 0 aliphatic carbocycles. The quantitative estimate of drug-likeness (QED) is 0.932. The molecule has 5 heteroatoms. The Hall–Kier alpha value is -1.81. The van der Waals surface area contributed by atoms with Gasteiger partial charge in [0.05, 0.1) is 16.8 Å². The van der Waals surface area contributed by atoms with E-state index in [0.717, 1.165) is 0 Å². The van der Waals surface area contributed by atoms with Crippen LogP contribution in [0.25, 0.3) is 0 Å². The third-order valence-electron chi connectivity index (χ3n) is 3.13.